The van der Waals surface area contributed by atoms with E-state index in [9.17, 15) is 23.3 Å². The highest BCUT2D eigenvalue weighted by atomic mass is 32.2. The lowest BCUT2D eigenvalue weighted by Gasteiger charge is -2.31. The van der Waals surface area contributed by atoms with Crippen LogP contribution in [0.15, 0.2) is 18.2 Å². The van der Waals surface area contributed by atoms with Gasteiger partial charge in [-0.05, 0) is 24.8 Å². The highest BCUT2D eigenvalue weighted by Crippen LogP contribution is 2.27. The van der Waals surface area contributed by atoms with Gasteiger partial charge in [-0.3, -0.25) is 14.9 Å². The number of ether oxygens (including phenoxy) is 1. The maximum absolute atomic E-state index is 12.9. The van der Waals surface area contributed by atoms with E-state index in [0.717, 1.165) is 0 Å². The van der Waals surface area contributed by atoms with Gasteiger partial charge in [0.25, 0.3) is 11.6 Å². The Morgan fingerprint density at radius 3 is 2.48 bits per heavy atom. The van der Waals surface area contributed by atoms with E-state index in [1.807, 2.05) is 4.90 Å². The summed E-state index contributed by atoms with van der Waals surface area (Å²) in [5.41, 5.74) is 0.798. The van der Waals surface area contributed by atoms with Crippen LogP contribution in [0.5, 0.6) is 0 Å². The normalized spacial score (nSPS) is 19.1. The number of carbonyl (C=O) groups is 1. The number of anilines is 1. The van der Waals surface area contributed by atoms with Crippen LogP contribution >= 0.6 is 0 Å². The Labute approximate surface area is 170 Å². The van der Waals surface area contributed by atoms with Crippen molar-refractivity contribution in [2.45, 2.75) is 12.8 Å². The molecular formula is C18H26N4O6S. The third kappa shape index (κ3) is 5.43. The van der Waals surface area contributed by atoms with Crippen LogP contribution in [0.2, 0.25) is 0 Å². The highest BCUT2D eigenvalue weighted by molar-refractivity contribution is 7.88. The van der Waals surface area contributed by atoms with Gasteiger partial charge < -0.3 is 15.0 Å². The van der Waals surface area contributed by atoms with Gasteiger partial charge in [-0.1, -0.05) is 0 Å². The van der Waals surface area contributed by atoms with Gasteiger partial charge in [-0.25, -0.2) is 12.7 Å². The molecule has 0 aliphatic carbocycles. The van der Waals surface area contributed by atoms with E-state index < -0.39 is 14.9 Å². The number of hydrogen-bond donors (Lipinski definition) is 1. The molecule has 2 fully saturated rings. The summed E-state index contributed by atoms with van der Waals surface area (Å²) in [5.74, 6) is -0.191. The monoisotopic (exact) mass is 426 g/mol. The van der Waals surface area contributed by atoms with Gasteiger partial charge >= 0.3 is 0 Å². The molecule has 1 amide bonds. The third-order valence-corrected chi connectivity index (χ3v) is 6.68. The molecule has 1 aromatic rings. The zero-order chi connectivity index (χ0) is 21.0. The molecule has 0 bridgehead atoms. The minimum atomic E-state index is -3.19. The Balaban J connectivity index is 1.67. The molecular weight excluding hydrogens is 400 g/mol. The van der Waals surface area contributed by atoms with Gasteiger partial charge in [-0.15, -0.1) is 0 Å². The van der Waals surface area contributed by atoms with E-state index >= 15 is 0 Å². The van der Waals surface area contributed by atoms with Crippen LogP contribution in [0.1, 0.15) is 23.2 Å². The summed E-state index contributed by atoms with van der Waals surface area (Å²) in [6, 6.07) is 4.33. The average molecular weight is 426 g/mol. The molecule has 11 heteroatoms. The van der Waals surface area contributed by atoms with Crippen LogP contribution in [0.4, 0.5) is 11.4 Å². The lowest BCUT2D eigenvalue weighted by molar-refractivity contribution is -0.384. The first-order valence-corrected chi connectivity index (χ1v) is 11.4. The first kappa shape index (κ1) is 21.5. The molecule has 0 radical (unpaired) electrons. The van der Waals surface area contributed by atoms with Crippen LogP contribution in [-0.4, -0.2) is 75.7 Å². The van der Waals surface area contributed by atoms with Crippen molar-refractivity contribution >= 4 is 27.3 Å². The summed E-state index contributed by atoms with van der Waals surface area (Å²) in [4.78, 5) is 25.5. The molecule has 0 spiro atoms. The van der Waals surface area contributed by atoms with Crippen molar-refractivity contribution in [2.75, 3.05) is 57.1 Å². The second-order valence-corrected chi connectivity index (χ2v) is 9.36. The maximum atomic E-state index is 12.9. The van der Waals surface area contributed by atoms with Crippen LogP contribution in [0.3, 0.4) is 0 Å². The van der Waals surface area contributed by atoms with E-state index in [2.05, 4.69) is 5.32 Å². The van der Waals surface area contributed by atoms with Crippen molar-refractivity contribution in [3.05, 3.63) is 33.9 Å². The van der Waals surface area contributed by atoms with E-state index in [0.29, 0.717) is 64.5 Å². The van der Waals surface area contributed by atoms with Crippen LogP contribution in [0, 0.1) is 16.0 Å². The zero-order valence-electron chi connectivity index (χ0n) is 16.4. The molecule has 0 atom stereocenters. The largest absolute Gasteiger partial charge is 0.378 e. The van der Waals surface area contributed by atoms with E-state index in [-0.39, 0.29) is 23.1 Å². The molecule has 1 N–H and O–H groups in total. The second kappa shape index (κ2) is 9.06. The molecule has 0 aromatic heterocycles. The fraction of sp³-hybridized carbons (Fsp3) is 0.611. The van der Waals surface area contributed by atoms with Gasteiger partial charge in [0.05, 0.1) is 35.6 Å². The Kier molecular flexibility index (Phi) is 6.70. The van der Waals surface area contributed by atoms with E-state index in [4.69, 9.17) is 4.74 Å². The minimum Gasteiger partial charge on any atom is -0.378 e. The third-order valence-electron chi connectivity index (χ3n) is 5.38. The molecule has 10 nitrogen and oxygen atoms in total. The minimum absolute atomic E-state index is 0.131. The van der Waals surface area contributed by atoms with Crippen LogP contribution in [0.25, 0.3) is 0 Å². The highest BCUT2D eigenvalue weighted by Gasteiger charge is 2.26. The van der Waals surface area contributed by atoms with Crippen molar-refractivity contribution in [2.24, 2.45) is 5.92 Å². The molecule has 2 heterocycles. The number of rotatable bonds is 6. The SMILES string of the molecule is CS(=O)(=O)N1CCC(CNC(=O)c2cc([N+](=O)[O-])ccc2N2CCOCC2)CC1. The number of carbonyl (C=O) groups excluding carboxylic acids is 1. The fourth-order valence-corrected chi connectivity index (χ4v) is 4.55. The van der Waals surface area contributed by atoms with Crippen molar-refractivity contribution in [1.82, 2.24) is 9.62 Å². The Bertz CT molecular complexity index is 861. The lowest BCUT2D eigenvalue weighted by atomic mass is 9.98. The smallest absolute Gasteiger partial charge is 0.270 e. The number of non-ortho nitro benzene ring substituents is 1. The molecule has 1 aromatic carbocycles. The number of sulfonamides is 1. The van der Waals surface area contributed by atoms with Gasteiger partial charge in [0.2, 0.25) is 10.0 Å². The number of nitro benzene ring substituents is 1. The number of hydrogen-bond acceptors (Lipinski definition) is 7. The molecule has 0 saturated carbocycles. The number of nitro groups is 1. The quantitative estimate of drug-likeness (QED) is 0.528. The number of morpholine rings is 1. The number of amides is 1. The molecule has 2 aliphatic heterocycles. The van der Waals surface area contributed by atoms with Crippen molar-refractivity contribution < 1.29 is 22.9 Å². The molecule has 2 saturated heterocycles. The molecule has 2 aliphatic rings. The molecule has 3 rings (SSSR count). The Morgan fingerprint density at radius 1 is 1.24 bits per heavy atom. The Hall–Kier alpha value is -2.24. The van der Waals surface area contributed by atoms with Gasteiger partial charge in [0.1, 0.15) is 0 Å². The summed E-state index contributed by atoms with van der Waals surface area (Å²) in [5, 5.41) is 14.0. The molecule has 160 valence electrons. The fourth-order valence-electron chi connectivity index (χ4n) is 3.68. The number of nitrogens with zero attached hydrogens (tertiary/aromatic N) is 3. The van der Waals surface area contributed by atoms with Gasteiger partial charge in [-0.2, -0.15) is 0 Å². The van der Waals surface area contributed by atoms with E-state index in [1.165, 1.54) is 22.7 Å². The first-order valence-electron chi connectivity index (χ1n) is 9.60. The van der Waals surface area contributed by atoms with Gasteiger partial charge in [0, 0.05) is 44.9 Å². The second-order valence-electron chi connectivity index (χ2n) is 7.37. The number of nitrogens with one attached hydrogen (secondary N) is 1. The predicted octanol–water partition coefficient (Wildman–Crippen LogP) is 0.833. The summed E-state index contributed by atoms with van der Waals surface area (Å²) < 4.78 is 30.0. The summed E-state index contributed by atoms with van der Waals surface area (Å²) >= 11 is 0. The molecule has 0 unspecified atom stereocenters. The van der Waals surface area contributed by atoms with Crippen molar-refractivity contribution in [3.63, 3.8) is 0 Å². The first-order chi connectivity index (χ1) is 13.8. The lowest BCUT2D eigenvalue weighted by Crippen LogP contribution is -2.41. The summed E-state index contributed by atoms with van der Waals surface area (Å²) in [6.45, 7) is 3.59. The van der Waals surface area contributed by atoms with E-state index in [1.54, 1.807) is 6.07 Å². The summed E-state index contributed by atoms with van der Waals surface area (Å²) in [6.07, 6.45) is 2.53. The van der Waals surface area contributed by atoms with Crippen LogP contribution < -0.4 is 10.2 Å². The number of piperidine rings is 1. The zero-order valence-corrected chi connectivity index (χ0v) is 17.2. The molecule has 29 heavy (non-hydrogen) atoms. The topological polar surface area (TPSA) is 122 Å². The predicted molar refractivity (Wildman–Crippen MR) is 108 cm³/mol. The Morgan fingerprint density at radius 2 is 1.90 bits per heavy atom. The van der Waals surface area contributed by atoms with Crippen molar-refractivity contribution in [1.29, 1.82) is 0 Å². The summed E-state index contributed by atoms with van der Waals surface area (Å²) in [7, 11) is -3.19. The number of benzene rings is 1. The maximum Gasteiger partial charge on any atom is 0.270 e. The van der Waals surface area contributed by atoms with Gasteiger partial charge in [0.15, 0.2) is 0 Å². The van der Waals surface area contributed by atoms with Crippen LogP contribution in [-0.2, 0) is 14.8 Å². The standard InChI is InChI=1S/C18H26N4O6S/c1-29(26,27)21-6-4-14(5-7-21)13-19-18(23)16-12-15(22(24)25)2-3-17(16)20-8-10-28-11-9-20/h2-3,12,14H,4-11,13H2,1H3,(H,19,23). The average Bonchev–Trinajstić information content (AvgIpc) is 2.72. The van der Waals surface area contributed by atoms with Crippen molar-refractivity contribution in [3.8, 4) is 0 Å².